The molecule has 158 valence electrons. The molecule has 8 nitrogen and oxygen atoms in total. The van der Waals surface area contributed by atoms with E-state index in [0.29, 0.717) is 47.3 Å². The fraction of sp³-hybridized carbons (Fsp3) is 0.400. The zero-order chi connectivity index (χ0) is 21.4. The molecular formula is C20H22N4O4S2. The van der Waals surface area contributed by atoms with Crippen molar-refractivity contribution < 1.29 is 14.0 Å². The van der Waals surface area contributed by atoms with E-state index in [-0.39, 0.29) is 23.1 Å². The van der Waals surface area contributed by atoms with Gasteiger partial charge >= 0.3 is 0 Å². The molecule has 1 fully saturated rings. The van der Waals surface area contributed by atoms with Crippen molar-refractivity contribution >= 4 is 45.1 Å². The average molecular weight is 447 g/mol. The molecule has 0 aliphatic carbocycles. The lowest BCUT2D eigenvalue weighted by molar-refractivity contribution is -0.129. The van der Waals surface area contributed by atoms with E-state index in [9.17, 15) is 14.4 Å². The van der Waals surface area contributed by atoms with Crippen molar-refractivity contribution in [3.05, 3.63) is 45.0 Å². The highest BCUT2D eigenvalue weighted by atomic mass is 32.2. The zero-order valence-corrected chi connectivity index (χ0v) is 18.6. The maximum atomic E-state index is 12.7. The molecule has 0 atom stereocenters. The largest absolute Gasteiger partial charge is 0.459 e. The predicted molar refractivity (Wildman–Crippen MR) is 116 cm³/mol. The van der Waals surface area contributed by atoms with E-state index >= 15 is 0 Å². The molecule has 0 spiro atoms. The third-order valence-corrected chi connectivity index (χ3v) is 7.46. The van der Waals surface area contributed by atoms with Crippen molar-refractivity contribution in [2.45, 2.75) is 19.0 Å². The normalized spacial score (nSPS) is 14.5. The second-order valence-corrected chi connectivity index (χ2v) is 9.31. The number of hydrogen-bond acceptors (Lipinski definition) is 7. The molecule has 4 rings (SSSR count). The van der Waals surface area contributed by atoms with Crippen LogP contribution in [0.4, 0.5) is 0 Å². The van der Waals surface area contributed by atoms with E-state index in [1.54, 1.807) is 29.0 Å². The minimum absolute atomic E-state index is 0.0296. The number of aromatic nitrogens is 2. The van der Waals surface area contributed by atoms with Crippen LogP contribution in [-0.2, 0) is 11.8 Å². The molecule has 1 saturated heterocycles. The molecule has 0 bridgehead atoms. The molecule has 3 aromatic rings. The van der Waals surface area contributed by atoms with Crippen LogP contribution in [-0.4, -0.2) is 63.1 Å². The van der Waals surface area contributed by atoms with Crippen molar-refractivity contribution in [2.75, 3.05) is 31.9 Å². The number of fused-ring (bicyclic) bond motifs is 1. The monoisotopic (exact) mass is 446 g/mol. The highest BCUT2D eigenvalue weighted by molar-refractivity contribution is 7.99. The first-order valence-electron chi connectivity index (χ1n) is 9.57. The summed E-state index contributed by atoms with van der Waals surface area (Å²) in [5.41, 5.74) is 0.888. The number of carbonyl (C=O) groups excluding carboxylic acids is 2. The summed E-state index contributed by atoms with van der Waals surface area (Å²) in [4.78, 5) is 47.5. The molecule has 0 saturated carbocycles. The zero-order valence-electron chi connectivity index (χ0n) is 17.0. The van der Waals surface area contributed by atoms with Crippen LogP contribution in [0.2, 0.25) is 0 Å². The number of carbonyl (C=O) groups is 2. The summed E-state index contributed by atoms with van der Waals surface area (Å²) in [6, 6.07) is 3.32. The van der Waals surface area contributed by atoms with E-state index in [0.717, 1.165) is 10.4 Å². The number of hydrogen-bond donors (Lipinski definition) is 0. The summed E-state index contributed by atoms with van der Waals surface area (Å²) in [7, 11) is 1.69. The van der Waals surface area contributed by atoms with Gasteiger partial charge in [0, 0.05) is 38.1 Å². The van der Waals surface area contributed by atoms with Gasteiger partial charge in [-0.05, 0) is 31.5 Å². The maximum Gasteiger partial charge on any atom is 0.289 e. The van der Waals surface area contributed by atoms with Gasteiger partial charge in [-0.25, -0.2) is 4.98 Å². The van der Waals surface area contributed by atoms with Gasteiger partial charge in [0.25, 0.3) is 11.5 Å². The number of thioether (sulfide) groups is 1. The fourth-order valence-corrected chi connectivity index (χ4v) is 5.36. The number of thiophene rings is 1. The van der Waals surface area contributed by atoms with Crippen LogP contribution in [0.5, 0.6) is 0 Å². The summed E-state index contributed by atoms with van der Waals surface area (Å²) in [6.45, 7) is 5.79. The molecule has 30 heavy (non-hydrogen) atoms. The molecule has 0 aromatic carbocycles. The second-order valence-electron chi connectivity index (χ2n) is 7.16. The van der Waals surface area contributed by atoms with Gasteiger partial charge in [-0.15, -0.1) is 11.3 Å². The van der Waals surface area contributed by atoms with Gasteiger partial charge < -0.3 is 14.2 Å². The van der Waals surface area contributed by atoms with Crippen molar-refractivity contribution in [3.8, 4) is 0 Å². The molecule has 0 N–H and O–H groups in total. The number of rotatable bonds is 4. The van der Waals surface area contributed by atoms with Crippen LogP contribution in [0.1, 0.15) is 21.0 Å². The quantitative estimate of drug-likeness (QED) is 0.451. The molecule has 0 unspecified atom stereocenters. The van der Waals surface area contributed by atoms with E-state index in [4.69, 9.17) is 4.42 Å². The Labute approximate surface area is 181 Å². The van der Waals surface area contributed by atoms with Crippen LogP contribution in [0.15, 0.2) is 32.8 Å². The fourth-order valence-electron chi connectivity index (χ4n) is 3.42. The topological polar surface area (TPSA) is 88.7 Å². The van der Waals surface area contributed by atoms with Crippen LogP contribution in [0.25, 0.3) is 10.2 Å². The number of aryl methyl sites for hydroxylation is 2. The van der Waals surface area contributed by atoms with Gasteiger partial charge in [0.1, 0.15) is 4.83 Å². The maximum absolute atomic E-state index is 12.7. The van der Waals surface area contributed by atoms with Crippen molar-refractivity contribution in [1.82, 2.24) is 19.4 Å². The van der Waals surface area contributed by atoms with Crippen LogP contribution >= 0.6 is 23.1 Å². The third-order valence-electron chi connectivity index (χ3n) is 5.35. The van der Waals surface area contributed by atoms with Crippen LogP contribution < -0.4 is 5.56 Å². The van der Waals surface area contributed by atoms with Crippen LogP contribution in [0, 0.1) is 13.8 Å². The SMILES string of the molecule is Cc1sc2nc(SCC(=O)N3CCN(C(=O)c4ccco4)CC3)n(C)c(=O)c2c1C. The van der Waals surface area contributed by atoms with Gasteiger partial charge in [0.2, 0.25) is 5.91 Å². The molecule has 3 aromatic heterocycles. The van der Waals surface area contributed by atoms with E-state index in [1.807, 2.05) is 13.8 Å². The average Bonchev–Trinajstić information content (AvgIpc) is 3.38. The minimum Gasteiger partial charge on any atom is -0.459 e. The highest BCUT2D eigenvalue weighted by Crippen LogP contribution is 2.28. The summed E-state index contributed by atoms with van der Waals surface area (Å²) in [6.07, 6.45) is 1.47. The van der Waals surface area contributed by atoms with Crippen molar-refractivity contribution in [1.29, 1.82) is 0 Å². The summed E-state index contributed by atoms with van der Waals surface area (Å²) in [5, 5.41) is 1.20. The molecule has 4 heterocycles. The van der Waals surface area contributed by atoms with Gasteiger partial charge in [-0.2, -0.15) is 0 Å². The van der Waals surface area contributed by atoms with Gasteiger partial charge in [-0.1, -0.05) is 11.8 Å². The lowest BCUT2D eigenvalue weighted by Crippen LogP contribution is -2.51. The molecule has 1 aliphatic heterocycles. The molecule has 2 amide bonds. The first kappa shape index (κ1) is 20.7. The van der Waals surface area contributed by atoms with Gasteiger partial charge in [-0.3, -0.25) is 19.0 Å². The Balaban J connectivity index is 1.38. The van der Waals surface area contributed by atoms with E-state index in [2.05, 4.69) is 4.98 Å². The van der Waals surface area contributed by atoms with Crippen molar-refractivity contribution in [2.24, 2.45) is 7.05 Å². The Kier molecular flexibility index (Phi) is 5.70. The summed E-state index contributed by atoms with van der Waals surface area (Å²) < 4.78 is 6.67. The summed E-state index contributed by atoms with van der Waals surface area (Å²) in [5.74, 6) is 0.321. The first-order valence-corrected chi connectivity index (χ1v) is 11.4. The molecule has 1 aliphatic rings. The minimum atomic E-state index is -0.157. The second kappa shape index (κ2) is 8.27. The lowest BCUT2D eigenvalue weighted by atomic mass is 10.2. The Bertz CT molecular complexity index is 1160. The lowest BCUT2D eigenvalue weighted by Gasteiger charge is -2.34. The Hall–Kier alpha value is -2.59. The van der Waals surface area contributed by atoms with Gasteiger partial charge in [0.15, 0.2) is 10.9 Å². The highest BCUT2D eigenvalue weighted by Gasteiger charge is 2.26. The Morgan fingerprint density at radius 3 is 2.57 bits per heavy atom. The molecular weight excluding hydrogens is 424 g/mol. The van der Waals surface area contributed by atoms with Crippen molar-refractivity contribution in [3.63, 3.8) is 0 Å². The van der Waals surface area contributed by atoms with E-state index < -0.39 is 0 Å². The predicted octanol–water partition coefficient (Wildman–Crippen LogP) is 2.28. The first-order chi connectivity index (χ1) is 14.4. The summed E-state index contributed by atoms with van der Waals surface area (Å²) >= 11 is 2.77. The number of furan rings is 1. The number of amides is 2. The number of nitrogens with zero attached hydrogens (tertiary/aromatic N) is 4. The van der Waals surface area contributed by atoms with Gasteiger partial charge in [0.05, 0.1) is 17.4 Å². The third kappa shape index (κ3) is 3.77. The Morgan fingerprint density at radius 2 is 1.90 bits per heavy atom. The standard InChI is InChI=1S/C20H22N4O4S2/c1-12-13(2)30-17-16(12)19(27)22(3)20(21-17)29-11-15(25)23-6-8-24(9-7-23)18(26)14-5-4-10-28-14/h4-5,10H,6-9,11H2,1-3H3. The smallest absolute Gasteiger partial charge is 0.289 e. The molecule has 10 heteroatoms. The van der Waals surface area contributed by atoms with Crippen LogP contribution in [0.3, 0.4) is 0 Å². The van der Waals surface area contributed by atoms with E-state index in [1.165, 1.54) is 33.9 Å². The number of piperazine rings is 1. The molecule has 0 radical (unpaired) electrons. The Morgan fingerprint density at radius 1 is 1.20 bits per heavy atom.